The third-order valence-corrected chi connectivity index (χ3v) is 3.87. The summed E-state index contributed by atoms with van der Waals surface area (Å²) in [6.07, 6.45) is 3.52. The fourth-order valence-electron chi connectivity index (χ4n) is 2.46. The van der Waals surface area contributed by atoms with E-state index < -0.39 is 0 Å². The SMILES string of the molecule is CCOCCCNC(=S)N1CCC(CN(C)C)CC1. The highest BCUT2D eigenvalue weighted by Gasteiger charge is 2.20. The van der Waals surface area contributed by atoms with E-state index in [1.165, 1.54) is 19.4 Å². The van der Waals surface area contributed by atoms with Gasteiger partial charge in [-0.25, -0.2) is 0 Å². The second-order valence-corrected chi connectivity index (χ2v) is 5.86. The molecular formula is C14H29N3OS. The molecule has 0 atom stereocenters. The molecule has 0 unspecified atom stereocenters. The molecule has 5 heteroatoms. The maximum Gasteiger partial charge on any atom is 0.168 e. The van der Waals surface area contributed by atoms with Gasteiger partial charge < -0.3 is 19.9 Å². The summed E-state index contributed by atoms with van der Waals surface area (Å²) in [6.45, 7) is 7.93. The zero-order valence-electron chi connectivity index (χ0n) is 12.7. The van der Waals surface area contributed by atoms with Crippen molar-refractivity contribution in [2.24, 2.45) is 5.92 Å². The molecule has 1 aliphatic heterocycles. The summed E-state index contributed by atoms with van der Waals surface area (Å²) in [5.74, 6) is 0.826. The molecule has 0 amide bonds. The number of likely N-dealkylation sites (tertiary alicyclic amines) is 1. The number of nitrogens with zero attached hydrogens (tertiary/aromatic N) is 2. The van der Waals surface area contributed by atoms with Crippen molar-refractivity contribution in [3.63, 3.8) is 0 Å². The van der Waals surface area contributed by atoms with Gasteiger partial charge in [0.05, 0.1) is 0 Å². The Morgan fingerprint density at radius 3 is 2.63 bits per heavy atom. The lowest BCUT2D eigenvalue weighted by molar-refractivity contribution is 0.145. The molecule has 0 spiro atoms. The van der Waals surface area contributed by atoms with Gasteiger partial charge in [-0.05, 0) is 58.4 Å². The van der Waals surface area contributed by atoms with Gasteiger partial charge in [-0.2, -0.15) is 0 Å². The molecule has 1 aliphatic rings. The molecule has 4 nitrogen and oxygen atoms in total. The van der Waals surface area contributed by atoms with Gasteiger partial charge in [0.1, 0.15) is 0 Å². The van der Waals surface area contributed by atoms with Crippen LogP contribution in [0.15, 0.2) is 0 Å². The topological polar surface area (TPSA) is 27.7 Å². The van der Waals surface area contributed by atoms with Gasteiger partial charge in [0.25, 0.3) is 0 Å². The van der Waals surface area contributed by atoms with Crippen molar-refractivity contribution in [2.45, 2.75) is 26.2 Å². The lowest BCUT2D eigenvalue weighted by Crippen LogP contribution is -2.45. The molecule has 19 heavy (non-hydrogen) atoms. The molecule has 112 valence electrons. The van der Waals surface area contributed by atoms with E-state index in [2.05, 4.69) is 29.2 Å². The molecular weight excluding hydrogens is 258 g/mol. The minimum atomic E-state index is 0.795. The van der Waals surface area contributed by atoms with E-state index in [-0.39, 0.29) is 0 Å². The number of hydrogen-bond donors (Lipinski definition) is 1. The Hall–Kier alpha value is -0.390. The summed E-state index contributed by atoms with van der Waals surface area (Å²) >= 11 is 5.44. The largest absolute Gasteiger partial charge is 0.382 e. The van der Waals surface area contributed by atoms with Gasteiger partial charge in [0.15, 0.2) is 5.11 Å². The van der Waals surface area contributed by atoms with Crippen LogP contribution >= 0.6 is 12.2 Å². The molecule has 0 bridgehead atoms. The van der Waals surface area contributed by atoms with E-state index in [0.29, 0.717) is 0 Å². The highest BCUT2D eigenvalue weighted by atomic mass is 32.1. The van der Waals surface area contributed by atoms with Crippen molar-refractivity contribution < 1.29 is 4.74 Å². The molecule has 0 aromatic rings. The smallest absolute Gasteiger partial charge is 0.168 e. The van der Waals surface area contributed by atoms with Gasteiger partial charge in [-0.15, -0.1) is 0 Å². The Kier molecular flexibility index (Phi) is 8.34. The van der Waals surface area contributed by atoms with Crippen molar-refractivity contribution in [1.82, 2.24) is 15.1 Å². The van der Waals surface area contributed by atoms with E-state index in [0.717, 1.165) is 50.3 Å². The van der Waals surface area contributed by atoms with Gasteiger partial charge in [0.2, 0.25) is 0 Å². The zero-order chi connectivity index (χ0) is 14.1. The Morgan fingerprint density at radius 1 is 1.37 bits per heavy atom. The van der Waals surface area contributed by atoms with Crippen LogP contribution in [0.4, 0.5) is 0 Å². The van der Waals surface area contributed by atoms with E-state index >= 15 is 0 Å². The van der Waals surface area contributed by atoms with Crippen molar-refractivity contribution in [1.29, 1.82) is 0 Å². The number of ether oxygens (including phenoxy) is 1. The molecule has 1 saturated heterocycles. The Morgan fingerprint density at radius 2 is 2.05 bits per heavy atom. The number of piperidine rings is 1. The van der Waals surface area contributed by atoms with Gasteiger partial charge in [-0.3, -0.25) is 0 Å². The number of nitrogens with one attached hydrogen (secondary N) is 1. The first kappa shape index (κ1) is 16.7. The molecule has 0 radical (unpaired) electrons. The second kappa shape index (κ2) is 9.50. The van der Waals surface area contributed by atoms with Crippen LogP contribution in [0.3, 0.4) is 0 Å². The number of rotatable bonds is 7. The lowest BCUT2D eigenvalue weighted by atomic mass is 9.97. The van der Waals surface area contributed by atoms with E-state index in [9.17, 15) is 0 Å². The Bertz CT molecular complexity index is 253. The van der Waals surface area contributed by atoms with Crippen LogP contribution < -0.4 is 5.32 Å². The van der Waals surface area contributed by atoms with Crippen molar-refractivity contribution in [3.05, 3.63) is 0 Å². The van der Waals surface area contributed by atoms with Gasteiger partial charge >= 0.3 is 0 Å². The molecule has 0 aromatic heterocycles. The number of thiocarbonyl (C=S) groups is 1. The predicted octanol–water partition coefficient (Wildman–Crippen LogP) is 1.56. The van der Waals surface area contributed by atoms with Crippen molar-refractivity contribution in [2.75, 3.05) is 53.5 Å². The molecule has 1 heterocycles. The summed E-state index contributed by atoms with van der Waals surface area (Å²) in [7, 11) is 4.30. The standard InChI is InChI=1S/C14H29N3OS/c1-4-18-11-5-8-15-14(19)17-9-6-13(7-10-17)12-16(2)3/h13H,4-12H2,1-3H3,(H,15,19). The highest BCUT2D eigenvalue weighted by Crippen LogP contribution is 2.17. The molecule has 0 aromatic carbocycles. The maximum absolute atomic E-state index is 5.44. The molecule has 0 saturated carbocycles. The van der Waals surface area contributed by atoms with Crippen LogP contribution in [-0.2, 0) is 4.74 Å². The monoisotopic (exact) mass is 287 g/mol. The van der Waals surface area contributed by atoms with Crippen LogP contribution in [0.25, 0.3) is 0 Å². The zero-order valence-corrected chi connectivity index (χ0v) is 13.5. The van der Waals surface area contributed by atoms with Gasteiger partial charge in [-0.1, -0.05) is 0 Å². The average Bonchev–Trinajstić information content (AvgIpc) is 2.38. The normalized spacial score (nSPS) is 16.9. The summed E-state index contributed by atoms with van der Waals surface area (Å²) in [5, 5.41) is 4.25. The lowest BCUT2D eigenvalue weighted by Gasteiger charge is -2.34. The second-order valence-electron chi connectivity index (χ2n) is 5.48. The molecule has 1 fully saturated rings. The first-order valence-corrected chi connectivity index (χ1v) is 7.79. The van der Waals surface area contributed by atoms with Crippen LogP contribution in [0.2, 0.25) is 0 Å². The summed E-state index contributed by atoms with van der Waals surface area (Å²) in [6, 6.07) is 0. The summed E-state index contributed by atoms with van der Waals surface area (Å²) in [5.41, 5.74) is 0. The minimum absolute atomic E-state index is 0.795. The fraction of sp³-hybridized carbons (Fsp3) is 0.929. The van der Waals surface area contributed by atoms with E-state index in [1.807, 2.05) is 6.92 Å². The molecule has 1 N–H and O–H groups in total. The van der Waals surface area contributed by atoms with E-state index in [1.54, 1.807) is 0 Å². The summed E-state index contributed by atoms with van der Waals surface area (Å²) < 4.78 is 5.31. The summed E-state index contributed by atoms with van der Waals surface area (Å²) in [4.78, 5) is 4.59. The third-order valence-electron chi connectivity index (χ3n) is 3.47. The first-order valence-electron chi connectivity index (χ1n) is 7.38. The molecule has 0 aliphatic carbocycles. The van der Waals surface area contributed by atoms with Crippen LogP contribution in [0, 0.1) is 5.92 Å². The highest BCUT2D eigenvalue weighted by molar-refractivity contribution is 7.80. The van der Waals surface area contributed by atoms with E-state index in [4.69, 9.17) is 17.0 Å². The van der Waals surface area contributed by atoms with Gasteiger partial charge in [0, 0.05) is 39.4 Å². The third kappa shape index (κ3) is 7.09. The first-order chi connectivity index (χ1) is 9.13. The van der Waals surface area contributed by atoms with Crippen LogP contribution in [-0.4, -0.2) is 68.4 Å². The Labute approximate surface area is 123 Å². The van der Waals surface area contributed by atoms with Crippen molar-refractivity contribution in [3.8, 4) is 0 Å². The maximum atomic E-state index is 5.44. The quantitative estimate of drug-likeness (QED) is 0.567. The predicted molar refractivity (Wildman–Crippen MR) is 84.6 cm³/mol. The average molecular weight is 287 g/mol. The van der Waals surface area contributed by atoms with Crippen LogP contribution in [0.5, 0.6) is 0 Å². The van der Waals surface area contributed by atoms with Crippen molar-refractivity contribution >= 4 is 17.3 Å². The minimum Gasteiger partial charge on any atom is -0.382 e. The van der Waals surface area contributed by atoms with Crippen LogP contribution in [0.1, 0.15) is 26.2 Å². The number of hydrogen-bond acceptors (Lipinski definition) is 3. The Balaban J connectivity index is 2.11. The molecule has 1 rings (SSSR count). The fourth-order valence-corrected chi connectivity index (χ4v) is 2.75.